The average Bonchev–Trinajstić information content (AvgIpc) is 3.21. The van der Waals surface area contributed by atoms with Crippen LogP contribution in [0.15, 0.2) is 72.8 Å². The predicted molar refractivity (Wildman–Crippen MR) is 146 cm³/mol. The molecule has 1 aliphatic carbocycles. The molecule has 0 fully saturated rings. The highest BCUT2D eigenvalue weighted by Crippen LogP contribution is 2.30. The number of hydrogen-bond donors (Lipinski definition) is 2. The molecule has 42 heavy (non-hydrogen) atoms. The number of carbonyl (C=O) groups excluding carboxylic acids is 2. The number of ether oxygens (including phenoxy) is 2. The molecule has 11 heteroatoms. The fraction of sp³-hybridized carbons (Fsp3) is 0.290. The van der Waals surface area contributed by atoms with Gasteiger partial charge in [0.25, 0.3) is 5.91 Å². The highest BCUT2D eigenvalue weighted by molar-refractivity contribution is 5.98. The molecule has 0 spiro atoms. The van der Waals surface area contributed by atoms with E-state index in [4.69, 9.17) is 10.5 Å². The standard InChI is InChI=1S/C31H29F5N2O4/c32-22-14-12-21(13-15-22)28(41-27(39)18-37)26(17-19-6-4-9-23(16-19)42-31(35,36)30(33)34)38-29(40)25-11-5-8-20-7-2-1-3-10-24(20)25/h3-6,8-16,26,28,30H,1-2,7,17-18,37H2,(H,38,40). The highest BCUT2D eigenvalue weighted by atomic mass is 19.3. The molecule has 0 radical (unpaired) electrons. The molecule has 0 aliphatic heterocycles. The molecule has 0 saturated heterocycles. The van der Waals surface area contributed by atoms with Gasteiger partial charge in [-0.3, -0.25) is 9.59 Å². The first-order chi connectivity index (χ1) is 20.1. The van der Waals surface area contributed by atoms with E-state index in [9.17, 15) is 31.5 Å². The van der Waals surface area contributed by atoms with Gasteiger partial charge in [-0.15, -0.1) is 0 Å². The second kappa shape index (κ2) is 13.6. The summed E-state index contributed by atoms with van der Waals surface area (Å²) in [5.74, 6) is -2.39. The Morgan fingerprint density at radius 2 is 1.76 bits per heavy atom. The number of nitrogens with two attached hydrogens (primary N) is 1. The minimum atomic E-state index is -4.72. The van der Waals surface area contributed by atoms with Crippen LogP contribution < -0.4 is 15.8 Å². The minimum Gasteiger partial charge on any atom is -0.454 e. The molecule has 222 valence electrons. The third kappa shape index (κ3) is 7.73. The Morgan fingerprint density at radius 1 is 1.02 bits per heavy atom. The summed E-state index contributed by atoms with van der Waals surface area (Å²) < 4.78 is 76.2. The first-order valence-electron chi connectivity index (χ1n) is 13.3. The van der Waals surface area contributed by atoms with E-state index < -0.39 is 54.7 Å². The number of nitrogens with one attached hydrogen (secondary N) is 1. The van der Waals surface area contributed by atoms with E-state index in [0.29, 0.717) is 16.7 Å². The lowest BCUT2D eigenvalue weighted by molar-refractivity contribution is -0.253. The zero-order valence-corrected chi connectivity index (χ0v) is 22.4. The predicted octanol–water partition coefficient (Wildman–Crippen LogP) is 6.00. The summed E-state index contributed by atoms with van der Waals surface area (Å²) in [6, 6.07) is 14.4. The average molecular weight is 589 g/mol. The Morgan fingerprint density at radius 3 is 2.48 bits per heavy atom. The van der Waals surface area contributed by atoms with Crippen LogP contribution in [0.25, 0.3) is 6.08 Å². The molecule has 0 bridgehead atoms. The van der Waals surface area contributed by atoms with Crippen LogP contribution >= 0.6 is 0 Å². The van der Waals surface area contributed by atoms with E-state index in [2.05, 4.69) is 10.1 Å². The van der Waals surface area contributed by atoms with Crippen LogP contribution in [0.5, 0.6) is 5.75 Å². The van der Waals surface area contributed by atoms with Gasteiger partial charge in [-0.05, 0) is 78.3 Å². The molecule has 4 rings (SSSR count). The van der Waals surface area contributed by atoms with Crippen molar-refractivity contribution in [3.63, 3.8) is 0 Å². The number of halogens is 5. The number of hydrogen-bond acceptors (Lipinski definition) is 5. The van der Waals surface area contributed by atoms with Gasteiger partial charge in [-0.2, -0.15) is 17.6 Å². The summed E-state index contributed by atoms with van der Waals surface area (Å²) in [5.41, 5.74) is 8.21. The summed E-state index contributed by atoms with van der Waals surface area (Å²) in [6.45, 7) is -0.485. The lowest BCUT2D eigenvalue weighted by Gasteiger charge is -2.29. The molecule has 1 amide bonds. The van der Waals surface area contributed by atoms with Crippen molar-refractivity contribution in [3.8, 4) is 5.75 Å². The Labute approximate surface area is 239 Å². The topological polar surface area (TPSA) is 90.7 Å². The van der Waals surface area contributed by atoms with E-state index in [1.54, 1.807) is 12.1 Å². The number of esters is 1. The van der Waals surface area contributed by atoms with Gasteiger partial charge in [-0.25, -0.2) is 4.39 Å². The first-order valence-corrected chi connectivity index (χ1v) is 13.3. The van der Waals surface area contributed by atoms with E-state index in [-0.39, 0.29) is 6.42 Å². The van der Waals surface area contributed by atoms with Gasteiger partial charge in [0.2, 0.25) is 0 Å². The van der Waals surface area contributed by atoms with E-state index in [1.807, 2.05) is 18.2 Å². The van der Waals surface area contributed by atoms with Crippen molar-refractivity contribution in [3.05, 3.63) is 106 Å². The number of alkyl halides is 4. The van der Waals surface area contributed by atoms with Crippen molar-refractivity contribution in [2.45, 2.75) is 50.4 Å². The van der Waals surface area contributed by atoms with E-state index in [0.717, 1.165) is 54.7 Å². The van der Waals surface area contributed by atoms with Crippen molar-refractivity contribution in [1.82, 2.24) is 5.32 Å². The molecule has 3 N–H and O–H groups in total. The number of allylic oxidation sites excluding steroid dienone is 1. The van der Waals surface area contributed by atoms with Gasteiger partial charge >= 0.3 is 18.5 Å². The number of rotatable bonds is 11. The molecule has 0 aromatic heterocycles. The van der Waals surface area contributed by atoms with Crippen LogP contribution in [0.1, 0.15) is 51.6 Å². The summed E-state index contributed by atoms with van der Waals surface area (Å²) in [5, 5.41) is 2.89. The van der Waals surface area contributed by atoms with Crippen LogP contribution in [-0.2, 0) is 22.4 Å². The van der Waals surface area contributed by atoms with Crippen LogP contribution in [0, 0.1) is 5.82 Å². The van der Waals surface area contributed by atoms with Crippen LogP contribution in [0.4, 0.5) is 22.0 Å². The second-order valence-corrected chi connectivity index (χ2v) is 9.74. The molecular weight excluding hydrogens is 559 g/mol. The maximum Gasteiger partial charge on any atom is 0.461 e. The number of benzene rings is 3. The lowest BCUT2D eigenvalue weighted by Crippen LogP contribution is -2.43. The Bertz CT molecular complexity index is 1430. The number of amides is 1. The SMILES string of the molecule is NCC(=O)OC(c1ccc(F)cc1)C(Cc1cccc(OC(F)(F)C(F)F)c1)NC(=O)c1cccc2c1C=CCCC2. The Balaban J connectivity index is 1.72. The summed E-state index contributed by atoms with van der Waals surface area (Å²) in [7, 11) is 0. The van der Waals surface area contributed by atoms with Crippen molar-refractivity contribution in [2.75, 3.05) is 6.54 Å². The summed E-state index contributed by atoms with van der Waals surface area (Å²) in [4.78, 5) is 26.1. The molecule has 2 unspecified atom stereocenters. The van der Waals surface area contributed by atoms with Crippen LogP contribution in [0.2, 0.25) is 0 Å². The number of carbonyl (C=O) groups is 2. The van der Waals surface area contributed by atoms with Gasteiger partial charge in [0.05, 0.1) is 12.6 Å². The zero-order chi connectivity index (χ0) is 30.3. The van der Waals surface area contributed by atoms with Gasteiger partial charge in [0.15, 0.2) is 0 Å². The first kappa shape index (κ1) is 30.7. The minimum absolute atomic E-state index is 0.117. The normalized spacial score (nSPS) is 14.5. The lowest BCUT2D eigenvalue weighted by atomic mass is 9.94. The van der Waals surface area contributed by atoms with Gasteiger partial charge < -0.3 is 20.5 Å². The van der Waals surface area contributed by atoms with Crippen molar-refractivity contribution >= 4 is 18.0 Å². The second-order valence-electron chi connectivity index (χ2n) is 9.74. The van der Waals surface area contributed by atoms with Crippen molar-refractivity contribution in [1.29, 1.82) is 0 Å². The maximum absolute atomic E-state index is 13.8. The Hall–Kier alpha value is -4.25. The zero-order valence-electron chi connectivity index (χ0n) is 22.4. The summed E-state index contributed by atoms with van der Waals surface area (Å²) in [6.07, 6.45) is -3.68. The molecular formula is C31H29F5N2O4. The van der Waals surface area contributed by atoms with Gasteiger partial charge in [0.1, 0.15) is 17.7 Å². The molecule has 6 nitrogen and oxygen atoms in total. The van der Waals surface area contributed by atoms with E-state index in [1.165, 1.54) is 24.3 Å². The number of aryl methyl sites for hydroxylation is 1. The summed E-state index contributed by atoms with van der Waals surface area (Å²) >= 11 is 0. The molecule has 3 aromatic carbocycles. The molecule has 2 atom stereocenters. The van der Waals surface area contributed by atoms with Crippen LogP contribution in [-0.4, -0.2) is 37.0 Å². The van der Waals surface area contributed by atoms with Crippen LogP contribution in [0.3, 0.4) is 0 Å². The third-order valence-corrected chi connectivity index (χ3v) is 6.71. The molecule has 1 aliphatic rings. The maximum atomic E-state index is 13.8. The van der Waals surface area contributed by atoms with Gasteiger partial charge in [0, 0.05) is 5.56 Å². The third-order valence-electron chi connectivity index (χ3n) is 6.71. The highest BCUT2D eigenvalue weighted by Gasteiger charge is 2.44. The fourth-order valence-electron chi connectivity index (χ4n) is 4.73. The van der Waals surface area contributed by atoms with E-state index >= 15 is 0 Å². The van der Waals surface area contributed by atoms with Gasteiger partial charge in [-0.1, -0.05) is 48.6 Å². The number of fused-ring (bicyclic) bond motifs is 1. The van der Waals surface area contributed by atoms with Crippen molar-refractivity contribution in [2.24, 2.45) is 5.73 Å². The molecule has 0 saturated carbocycles. The molecule has 0 heterocycles. The fourth-order valence-corrected chi connectivity index (χ4v) is 4.73. The quantitative estimate of drug-likeness (QED) is 0.212. The Kier molecular flexibility index (Phi) is 9.95. The smallest absolute Gasteiger partial charge is 0.454 e. The van der Waals surface area contributed by atoms with Crippen molar-refractivity contribution < 1.29 is 41.0 Å². The largest absolute Gasteiger partial charge is 0.461 e. The monoisotopic (exact) mass is 588 g/mol. The molecule has 3 aromatic rings.